The molecule has 0 amide bonds. The standard InChI is InChI=1S/C10H12BrNO/c1-7(8(2)11)10(13)9-5-3-4-6-12-9/h3-7,10,13H,2H2,1H3/t7-,10-/m1/s1. The van der Waals surface area contributed by atoms with Gasteiger partial charge in [0.25, 0.3) is 0 Å². The van der Waals surface area contributed by atoms with Crippen molar-refractivity contribution in [2.75, 3.05) is 0 Å². The van der Waals surface area contributed by atoms with Crippen LogP contribution in [0, 0.1) is 5.92 Å². The van der Waals surface area contributed by atoms with Crippen molar-refractivity contribution in [1.82, 2.24) is 4.98 Å². The van der Waals surface area contributed by atoms with Gasteiger partial charge in [0.05, 0.1) is 5.69 Å². The Hall–Kier alpha value is -0.670. The minimum atomic E-state index is -0.590. The van der Waals surface area contributed by atoms with Gasteiger partial charge in [0.15, 0.2) is 0 Å². The highest BCUT2D eigenvalue weighted by Crippen LogP contribution is 2.28. The highest BCUT2D eigenvalue weighted by atomic mass is 79.9. The minimum Gasteiger partial charge on any atom is -0.386 e. The number of aliphatic hydroxyl groups is 1. The molecule has 1 aromatic rings. The summed E-state index contributed by atoms with van der Waals surface area (Å²) < 4.78 is 0.783. The molecule has 1 aromatic heterocycles. The van der Waals surface area contributed by atoms with Crippen LogP contribution < -0.4 is 0 Å². The number of nitrogens with zero attached hydrogens (tertiary/aromatic N) is 1. The van der Waals surface area contributed by atoms with Gasteiger partial charge in [-0.15, -0.1) is 0 Å². The minimum absolute atomic E-state index is 0.0325. The van der Waals surface area contributed by atoms with E-state index in [2.05, 4.69) is 27.5 Å². The van der Waals surface area contributed by atoms with Crippen LogP contribution in [0.1, 0.15) is 18.7 Å². The molecule has 0 radical (unpaired) electrons. The van der Waals surface area contributed by atoms with E-state index < -0.39 is 6.10 Å². The quantitative estimate of drug-likeness (QED) is 0.883. The van der Waals surface area contributed by atoms with E-state index in [0.717, 1.165) is 4.48 Å². The predicted octanol–water partition coefficient (Wildman–Crippen LogP) is 2.66. The van der Waals surface area contributed by atoms with Crippen LogP contribution in [0.2, 0.25) is 0 Å². The summed E-state index contributed by atoms with van der Waals surface area (Å²) in [6.07, 6.45) is 1.08. The van der Waals surface area contributed by atoms with Gasteiger partial charge in [0.1, 0.15) is 6.10 Å². The maximum absolute atomic E-state index is 9.81. The summed E-state index contributed by atoms with van der Waals surface area (Å²) in [4.78, 5) is 4.07. The van der Waals surface area contributed by atoms with Gasteiger partial charge in [-0.25, -0.2) is 0 Å². The van der Waals surface area contributed by atoms with E-state index in [9.17, 15) is 5.11 Å². The van der Waals surface area contributed by atoms with E-state index in [1.165, 1.54) is 0 Å². The normalized spacial score (nSPS) is 15.0. The van der Waals surface area contributed by atoms with Crippen molar-refractivity contribution >= 4 is 15.9 Å². The third kappa shape index (κ3) is 2.64. The molecule has 0 aromatic carbocycles. The lowest BCUT2D eigenvalue weighted by molar-refractivity contribution is 0.134. The van der Waals surface area contributed by atoms with Crippen molar-refractivity contribution in [1.29, 1.82) is 0 Å². The van der Waals surface area contributed by atoms with Crippen molar-refractivity contribution in [3.8, 4) is 0 Å². The van der Waals surface area contributed by atoms with E-state index >= 15 is 0 Å². The summed E-state index contributed by atoms with van der Waals surface area (Å²) in [7, 11) is 0. The second kappa shape index (κ2) is 4.53. The molecule has 0 unspecified atom stereocenters. The SMILES string of the molecule is C=C(Br)[C@@H](C)[C@@H](O)c1ccccn1. The van der Waals surface area contributed by atoms with E-state index in [1.807, 2.05) is 19.1 Å². The maximum atomic E-state index is 9.81. The van der Waals surface area contributed by atoms with Crippen LogP contribution >= 0.6 is 15.9 Å². The lowest BCUT2D eigenvalue weighted by Gasteiger charge is -2.16. The zero-order chi connectivity index (χ0) is 9.84. The summed E-state index contributed by atoms with van der Waals surface area (Å²) in [5, 5.41) is 9.81. The van der Waals surface area contributed by atoms with Crippen LogP contribution in [0.4, 0.5) is 0 Å². The molecule has 0 bridgehead atoms. The second-order valence-electron chi connectivity index (χ2n) is 2.93. The van der Waals surface area contributed by atoms with Crippen molar-refractivity contribution in [2.24, 2.45) is 5.92 Å². The summed E-state index contributed by atoms with van der Waals surface area (Å²) >= 11 is 3.26. The predicted molar refractivity (Wildman–Crippen MR) is 56.4 cm³/mol. The zero-order valence-electron chi connectivity index (χ0n) is 7.44. The van der Waals surface area contributed by atoms with E-state index in [1.54, 1.807) is 12.3 Å². The van der Waals surface area contributed by atoms with Gasteiger partial charge in [-0.3, -0.25) is 4.98 Å². The first kappa shape index (κ1) is 10.4. The Balaban J connectivity index is 2.79. The molecule has 0 saturated carbocycles. The van der Waals surface area contributed by atoms with Gasteiger partial charge in [-0.1, -0.05) is 35.5 Å². The summed E-state index contributed by atoms with van der Waals surface area (Å²) in [5.74, 6) is -0.0325. The van der Waals surface area contributed by atoms with Crippen LogP contribution in [0.5, 0.6) is 0 Å². The molecule has 3 heteroatoms. The summed E-state index contributed by atoms with van der Waals surface area (Å²) in [6, 6.07) is 5.48. The monoisotopic (exact) mass is 241 g/mol. The molecule has 0 aliphatic rings. The van der Waals surface area contributed by atoms with Crippen molar-refractivity contribution in [2.45, 2.75) is 13.0 Å². The average molecular weight is 242 g/mol. The molecule has 0 fully saturated rings. The molecular formula is C10H12BrNO. The molecule has 1 heterocycles. The van der Waals surface area contributed by atoms with Gasteiger partial charge < -0.3 is 5.11 Å². The fraction of sp³-hybridized carbons (Fsp3) is 0.300. The Morgan fingerprint density at radius 2 is 2.31 bits per heavy atom. The van der Waals surface area contributed by atoms with Crippen molar-refractivity contribution < 1.29 is 5.11 Å². The van der Waals surface area contributed by atoms with Gasteiger partial charge in [0.2, 0.25) is 0 Å². The molecule has 0 saturated heterocycles. The Kier molecular flexibility index (Phi) is 3.63. The highest BCUT2D eigenvalue weighted by molar-refractivity contribution is 9.11. The largest absolute Gasteiger partial charge is 0.386 e. The van der Waals surface area contributed by atoms with Crippen LogP contribution in [-0.4, -0.2) is 10.1 Å². The fourth-order valence-electron chi connectivity index (χ4n) is 0.978. The van der Waals surface area contributed by atoms with Crippen LogP contribution in [-0.2, 0) is 0 Å². The number of hydrogen-bond acceptors (Lipinski definition) is 2. The molecule has 0 aliphatic heterocycles. The third-order valence-corrected chi connectivity index (χ3v) is 2.68. The first-order valence-corrected chi connectivity index (χ1v) is 4.85. The molecule has 13 heavy (non-hydrogen) atoms. The highest BCUT2D eigenvalue weighted by Gasteiger charge is 2.18. The Bertz CT molecular complexity index is 286. The summed E-state index contributed by atoms with van der Waals surface area (Å²) in [5.41, 5.74) is 0.676. The van der Waals surface area contributed by atoms with E-state index in [4.69, 9.17) is 0 Å². The number of halogens is 1. The van der Waals surface area contributed by atoms with Gasteiger partial charge >= 0.3 is 0 Å². The summed E-state index contributed by atoms with van der Waals surface area (Å²) in [6.45, 7) is 5.63. The molecule has 0 spiro atoms. The number of pyridine rings is 1. The average Bonchev–Trinajstić information content (AvgIpc) is 2.17. The number of aliphatic hydroxyl groups excluding tert-OH is 1. The lowest BCUT2D eigenvalue weighted by Crippen LogP contribution is -2.10. The fourth-order valence-corrected chi connectivity index (χ4v) is 1.23. The van der Waals surface area contributed by atoms with E-state index in [-0.39, 0.29) is 5.92 Å². The third-order valence-electron chi connectivity index (χ3n) is 1.96. The molecular weight excluding hydrogens is 230 g/mol. The molecule has 0 aliphatic carbocycles. The molecule has 70 valence electrons. The Morgan fingerprint density at radius 3 is 2.77 bits per heavy atom. The van der Waals surface area contributed by atoms with Crippen LogP contribution in [0.15, 0.2) is 35.5 Å². The van der Waals surface area contributed by atoms with E-state index in [0.29, 0.717) is 5.69 Å². The number of aromatic nitrogens is 1. The van der Waals surface area contributed by atoms with Crippen LogP contribution in [0.25, 0.3) is 0 Å². The van der Waals surface area contributed by atoms with Gasteiger partial charge in [-0.2, -0.15) is 0 Å². The van der Waals surface area contributed by atoms with Gasteiger partial charge in [0, 0.05) is 12.1 Å². The molecule has 2 atom stereocenters. The van der Waals surface area contributed by atoms with Gasteiger partial charge in [-0.05, 0) is 16.6 Å². The zero-order valence-corrected chi connectivity index (χ0v) is 9.03. The Labute approximate surface area is 86.4 Å². The first-order chi connectivity index (χ1) is 6.13. The number of hydrogen-bond donors (Lipinski definition) is 1. The van der Waals surface area contributed by atoms with Crippen molar-refractivity contribution in [3.05, 3.63) is 41.2 Å². The Morgan fingerprint density at radius 1 is 1.62 bits per heavy atom. The van der Waals surface area contributed by atoms with Crippen molar-refractivity contribution in [3.63, 3.8) is 0 Å². The molecule has 1 rings (SSSR count). The maximum Gasteiger partial charge on any atom is 0.103 e. The first-order valence-electron chi connectivity index (χ1n) is 4.06. The smallest absolute Gasteiger partial charge is 0.103 e. The topological polar surface area (TPSA) is 33.1 Å². The lowest BCUT2D eigenvalue weighted by atomic mass is 10.0. The molecule has 1 N–H and O–H groups in total. The molecule has 2 nitrogen and oxygen atoms in total. The van der Waals surface area contributed by atoms with Crippen LogP contribution in [0.3, 0.4) is 0 Å². The second-order valence-corrected chi connectivity index (χ2v) is 3.95. The number of rotatable bonds is 3.